The second-order valence-corrected chi connectivity index (χ2v) is 7.91. The molecule has 0 radical (unpaired) electrons. The summed E-state index contributed by atoms with van der Waals surface area (Å²) in [5.41, 5.74) is 2.35. The molecule has 0 spiro atoms. The van der Waals surface area contributed by atoms with Gasteiger partial charge in [-0.1, -0.05) is 55.7 Å². The van der Waals surface area contributed by atoms with E-state index in [1.807, 2.05) is 30.3 Å². The van der Waals surface area contributed by atoms with Crippen LogP contribution in [0.1, 0.15) is 50.5 Å². The summed E-state index contributed by atoms with van der Waals surface area (Å²) < 4.78 is 5.20. The number of carbonyl (C=O) groups is 3. The van der Waals surface area contributed by atoms with Gasteiger partial charge in [-0.2, -0.15) is 0 Å². The number of amides is 2. The van der Waals surface area contributed by atoms with Gasteiger partial charge in [-0.3, -0.25) is 14.4 Å². The van der Waals surface area contributed by atoms with Crippen molar-refractivity contribution in [2.45, 2.75) is 51.4 Å². The number of hydrogen-bond acceptors (Lipinski definition) is 4. The van der Waals surface area contributed by atoms with Gasteiger partial charge in [0.2, 0.25) is 11.8 Å². The lowest BCUT2D eigenvalue weighted by molar-refractivity contribution is -0.144. The molecular formula is C25H30N2O4. The minimum absolute atomic E-state index is 0.0265. The van der Waals surface area contributed by atoms with E-state index in [0.29, 0.717) is 24.4 Å². The number of hydrogen-bond donors (Lipinski definition) is 2. The standard InChI is InChI=1S/C25H30N2O4/c28-23(14-15-24(29)31-17-16-19-8-3-1-4-9-19)26-21-12-7-13-22(18-21)27-25(30)20-10-5-2-6-11-20/h1,3-4,7-9,12-13,18,20H,2,5-6,10-11,14-17H2,(H,26,28)(H,27,30). The number of rotatable bonds is 9. The van der Waals surface area contributed by atoms with Crippen molar-refractivity contribution in [2.75, 3.05) is 17.2 Å². The maximum Gasteiger partial charge on any atom is 0.306 e. The first kappa shape index (κ1) is 22.5. The van der Waals surface area contributed by atoms with Gasteiger partial charge in [0.15, 0.2) is 0 Å². The lowest BCUT2D eigenvalue weighted by Gasteiger charge is -2.20. The molecule has 2 amide bonds. The fourth-order valence-electron chi connectivity index (χ4n) is 3.72. The van der Waals surface area contributed by atoms with Crippen LogP contribution in [0.2, 0.25) is 0 Å². The van der Waals surface area contributed by atoms with Crippen LogP contribution in [0.5, 0.6) is 0 Å². The minimum Gasteiger partial charge on any atom is -0.465 e. The van der Waals surface area contributed by atoms with Gasteiger partial charge in [-0.25, -0.2) is 0 Å². The third kappa shape index (κ3) is 7.89. The van der Waals surface area contributed by atoms with Gasteiger partial charge in [-0.15, -0.1) is 0 Å². The first-order chi connectivity index (χ1) is 15.1. The molecule has 2 N–H and O–H groups in total. The Bertz CT molecular complexity index is 876. The van der Waals surface area contributed by atoms with Crippen molar-refractivity contribution >= 4 is 29.2 Å². The highest BCUT2D eigenvalue weighted by atomic mass is 16.5. The predicted octanol–water partition coefficient (Wildman–Crippen LogP) is 4.71. The van der Waals surface area contributed by atoms with Crippen molar-refractivity contribution in [3.63, 3.8) is 0 Å². The zero-order valence-electron chi connectivity index (χ0n) is 17.8. The second-order valence-electron chi connectivity index (χ2n) is 7.91. The number of nitrogens with one attached hydrogen (secondary N) is 2. The van der Waals surface area contributed by atoms with E-state index in [4.69, 9.17) is 4.74 Å². The number of esters is 1. The zero-order chi connectivity index (χ0) is 21.9. The van der Waals surface area contributed by atoms with E-state index in [0.717, 1.165) is 31.2 Å². The largest absolute Gasteiger partial charge is 0.465 e. The Morgan fingerprint density at radius 1 is 0.839 bits per heavy atom. The molecule has 1 saturated carbocycles. The van der Waals surface area contributed by atoms with Crippen LogP contribution in [0.3, 0.4) is 0 Å². The molecule has 6 heteroatoms. The molecule has 1 aliphatic rings. The van der Waals surface area contributed by atoms with Crippen LogP contribution in [0.15, 0.2) is 54.6 Å². The normalized spacial score (nSPS) is 13.9. The fraction of sp³-hybridized carbons (Fsp3) is 0.400. The molecule has 2 aromatic rings. The average Bonchev–Trinajstić information content (AvgIpc) is 2.79. The van der Waals surface area contributed by atoms with E-state index in [2.05, 4.69) is 10.6 Å². The molecule has 0 saturated heterocycles. The minimum atomic E-state index is -0.389. The maximum atomic E-state index is 12.4. The number of carbonyl (C=O) groups excluding carboxylic acids is 3. The molecule has 2 aromatic carbocycles. The summed E-state index contributed by atoms with van der Waals surface area (Å²) in [4.78, 5) is 36.5. The molecule has 0 unspecified atom stereocenters. The molecule has 0 bridgehead atoms. The van der Waals surface area contributed by atoms with E-state index >= 15 is 0 Å². The van der Waals surface area contributed by atoms with Crippen LogP contribution >= 0.6 is 0 Å². The van der Waals surface area contributed by atoms with Gasteiger partial charge < -0.3 is 15.4 Å². The number of benzene rings is 2. The van der Waals surface area contributed by atoms with Crippen LogP contribution < -0.4 is 10.6 Å². The summed E-state index contributed by atoms with van der Waals surface area (Å²) in [6.45, 7) is 0.299. The molecule has 6 nitrogen and oxygen atoms in total. The lowest BCUT2D eigenvalue weighted by atomic mass is 9.88. The first-order valence-corrected chi connectivity index (χ1v) is 11.0. The van der Waals surface area contributed by atoms with E-state index in [1.165, 1.54) is 6.42 Å². The summed E-state index contributed by atoms with van der Waals surface area (Å²) in [6, 6.07) is 16.9. The molecule has 3 rings (SSSR count). The van der Waals surface area contributed by atoms with E-state index < -0.39 is 0 Å². The molecule has 1 fully saturated rings. The van der Waals surface area contributed by atoms with Gasteiger partial charge >= 0.3 is 5.97 Å². The predicted molar refractivity (Wildman–Crippen MR) is 121 cm³/mol. The molecule has 0 heterocycles. The molecule has 0 atom stereocenters. The van der Waals surface area contributed by atoms with E-state index in [9.17, 15) is 14.4 Å². The quantitative estimate of drug-likeness (QED) is 0.573. The Balaban J connectivity index is 1.38. The van der Waals surface area contributed by atoms with Crippen LogP contribution in [0, 0.1) is 5.92 Å². The topological polar surface area (TPSA) is 84.5 Å². The lowest BCUT2D eigenvalue weighted by Crippen LogP contribution is -2.24. The Kier molecular flexibility index (Phi) is 8.64. The van der Waals surface area contributed by atoms with Crippen LogP contribution in [0.4, 0.5) is 11.4 Å². The summed E-state index contributed by atoms with van der Waals surface area (Å²) in [5, 5.41) is 5.72. The molecule has 0 aromatic heterocycles. The SMILES string of the molecule is O=C(CCC(=O)OCCc1ccccc1)Nc1cccc(NC(=O)C2CCCCC2)c1. The third-order valence-electron chi connectivity index (χ3n) is 5.44. The van der Waals surface area contributed by atoms with Crippen molar-refractivity contribution in [1.29, 1.82) is 0 Å². The molecule has 1 aliphatic carbocycles. The van der Waals surface area contributed by atoms with Gasteiger partial charge in [-0.05, 0) is 36.6 Å². The Morgan fingerprint density at radius 3 is 2.29 bits per heavy atom. The molecular weight excluding hydrogens is 392 g/mol. The fourth-order valence-corrected chi connectivity index (χ4v) is 3.72. The Labute approximate surface area is 183 Å². The van der Waals surface area contributed by atoms with Crippen molar-refractivity contribution in [3.8, 4) is 0 Å². The summed E-state index contributed by atoms with van der Waals surface area (Å²) in [7, 11) is 0. The molecule has 164 valence electrons. The number of anilines is 2. The van der Waals surface area contributed by atoms with Crippen LogP contribution in [-0.4, -0.2) is 24.4 Å². The monoisotopic (exact) mass is 422 g/mol. The number of ether oxygens (including phenoxy) is 1. The van der Waals surface area contributed by atoms with Gasteiger partial charge in [0.25, 0.3) is 0 Å². The highest BCUT2D eigenvalue weighted by molar-refractivity contribution is 5.95. The van der Waals surface area contributed by atoms with Crippen molar-refractivity contribution < 1.29 is 19.1 Å². The zero-order valence-corrected chi connectivity index (χ0v) is 17.8. The maximum absolute atomic E-state index is 12.4. The average molecular weight is 423 g/mol. The van der Waals surface area contributed by atoms with Crippen LogP contribution in [0.25, 0.3) is 0 Å². The first-order valence-electron chi connectivity index (χ1n) is 11.0. The third-order valence-corrected chi connectivity index (χ3v) is 5.44. The highest BCUT2D eigenvalue weighted by Gasteiger charge is 2.21. The van der Waals surface area contributed by atoms with Gasteiger partial charge in [0.05, 0.1) is 13.0 Å². The van der Waals surface area contributed by atoms with Crippen molar-refractivity contribution in [3.05, 3.63) is 60.2 Å². The second kappa shape index (κ2) is 11.9. The molecule has 31 heavy (non-hydrogen) atoms. The summed E-state index contributed by atoms with van der Waals surface area (Å²) in [6.07, 6.45) is 5.99. The Morgan fingerprint density at radius 2 is 1.55 bits per heavy atom. The van der Waals surface area contributed by atoms with Crippen molar-refractivity contribution in [2.24, 2.45) is 5.92 Å². The summed E-state index contributed by atoms with van der Waals surface area (Å²) in [5.74, 6) is -0.545. The molecule has 0 aliphatic heterocycles. The smallest absolute Gasteiger partial charge is 0.306 e. The van der Waals surface area contributed by atoms with Crippen LogP contribution in [-0.2, 0) is 25.5 Å². The Hall–Kier alpha value is -3.15. The van der Waals surface area contributed by atoms with Gasteiger partial charge in [0.1, 0.15) is 0 Å². The van der Waals surface area contributed by atoms with E-state index in [1.54, 1.807) is 24.3 Å². The van der Waals surface area contributed by atoms with Crippen molar-refractivity contribution in [1.82, 2.24) is 0 Å². The summed E-state index contributed by atoms with van der Waals surface area (Å²) >= 11 is 0. The highest BCUT2D eigenvalue weighted by Crippen LogP contribution is 2.25. The van der Waals surface area contributed by atoms with E-state index in [-0.39, 0.29) is 36.5 Å². The van der Waals surface area contributed by atoms with Gasteiger partial charge in [0, 0.05) is 30.1 Å².